The molecule has 0 saturated carbocycles. The van der Waals surface area contributed by atoms with Crippen molar-refractivity contribution in [3.8, 4) is 22.4 Å². The highest BCUT2D eigenvalue weighted by Gasteiger charge is 2.23. The second-order valence-corrected chi connectivity index (χ2v) is 5.16. The van der Waals surface area contributed by atoms with Gasteiger partial charge in [0.15, 0.2) is 0 Å². The van der Waals surface area contributed by atoms with Crippen LogP contribution in [0.25, 0.3) is 22.4 Å². The van der Waals surface area contributed by atoms with Gasteiger partial charge in [0.1, 0.15) is 0 Å². The van der Waals surface area contributed by atoms with Gasteiger partial charge in [0, 0.05) is 17.3 Å². The fourth-order valence-corrected chi connectivity index (χ4v) is 2.68. The molecule has 1 aromatic heterocycles. The molecule has 0 radical (unpaired) electrons. The topological polar surface area (TPSA) is 93.3 Å². The number of nitrogens with zero attached hydrogens (tertiary/aromatic N) is 1. The van der Waals surface area contributed by atoms with Crippen LogP contribution in [0.3, 0.4) is 0 Å². The zero-order chi connectivity index (χ0) is 17.1. The van der Waals surface area contributed by atoms with Crippen LogP contribution in [0.2, 0.25) is 0 Å². The maximum absolute atomic E-state index is 12.0. The number of rotatable bonds is 4. The largest absolute Gasteiger partial charge is 0.478 e. The Balaban J connectivity index is 2.42. The van der Waals surface area contributed by atoms with Crippen LogP contribution in [0, 0.1) is 0 Å². The summed E-state index contributed by atoms with van der Waals surface area (Å²) in [6, 6.07) is 17.5. The third-order valence-electron chi connectivity index (χ3n) is 3.69. The van der Waals surface area contributed by atoms with Crippen molar-refractivity contribution in [2.75, 3.05) is 0 Å². The fraction of sp³-hybridized carbons (Fsp3) is 0. The number of primary amides is 1. The number of aromatic nitrogens is 1. The molecule has 0 unspecified atom stereocenters. The van der Waals surface area contributed by atoms with E-state index >= 15 is 0 Å². The minimum atomic E-state index is -1.20. The normalized spacial score (nSPS) is 10.3. The lowest BCUT2D eigenvalue weighted by Gasteiger charge is -2.15. The molecule has 0 spiro atoms. The molecule has 0 aliphatic carbocycles. The Hall–Kier alpha value is -3.47. The Kier molecular flexibility index (Phi) is 4.07. The van der Waals surface area contributed by atoms with Crippen LogP contribution >= 0.6 is 0 Å². The quantitative estimate of drug-likeness (QED) is 0.772. The van der Waals surface area contributed by atoms with E-state index in [1.807, 2.05) is 24.3 Å². The van der Waals surface area contributed by atoms with Crippen LogP contribution < -0.4 is 5.73 Å². The number of carboxylic acids is 1. The van der Waals surface area contributed by atoms with Crippen molar-refractivity contribution >= 4 is 11.9 Å². The number of hydrogen-bond acceptors (Lipinski definition) is 3. The van der Waals surface area contributed by atoms with Crippen LogP contribution in [0.15, 0.2) is 66.9 Å². The number of carbonyl (C=O) groups is 2. The summed E-state index contributed by atoms with van der Waals surface area (Å²) >= 11 is 0. The van der Waals surface area contributed by atoms with E-state index in [4.69, 9.17) is 5.73 Å². The second kappa shape index (κ2) is 6.34. The van der Waals surface area contributed by atoms with Crippen molar-refractivity contribution in [3.05, 3.63) is 78.0 Å². The van der Waals surface area contributed by atoms with Gasteiger partial charge in [-0.3, -0.25) is 9.78 Å². The van der Waals surface area contributed by atoms with E-state index < -0.39 is 11.9 Å². The highest BCUT2D eigenvalue weighted by molar-refractivity contribution is 6.11. The first-order valence-electron chi connectivity index (χ1n) is 7.26. The first-order valence-corrected chi connectivity index (χ1v) is 7.26. The van der Waals surface area contributed by atoms with Gasteiger partial charge in [0.2, 0.25) is 5.91 Å². The van der Waals surface area contributed by atoms with Crippen molar-refractivity contribution < 1.29 is 14.7 Å². The third kappa shape index (κ3) is 2.75. The van der Waals surface area contributed by atoms with Gasteiger partial charge in [-0.15, -0.1) is 0 Å². The van der Waals surface area contributed by atoms with E-state index in [0.29, 0.717) is 22.4 Å². The average molecular weight is 318 g/mol. The van der Waals surface area contributed by atoms with Crippen molar-refractivity contribution in [2.24, 2.45) is 5.73 Å². The summed E-state index contributed by atoms with van der Waals surface area (Å²) in [7, 11) is 0. The van der Waals surface area contributed by atoms with Gasteiger partial charge >= 0.3 is 5.97 Å². The molecule has 24 heavy (non-hydrogen) atoms. The smallest absolute Gasteiger partial charge is 0.336 e. The predicted molar refractivity (Wildman–Crippen MR) is 90.6 cm³/mol. The van der Waals surface area contributed by atoms with Crippen LogP contribution in [-0.2, 0) is 0 Å². The maximum atomic E-state index is 12.0. The minimum absolute atomic E-state index is 0.0168. The average Bonchev–Trinajstić information content (AvgIpc) is 2.61. The van der Waals surface area contributed by atoms with E-state index in [2.05, 4.69) is 4.98 Å². The Morgan fingerprint density at radius 3 is 2.21 bits per heavy atom. The molecule has 0 aliphatic rings. The summed E-state index contributed by atoms with van der Waals surface area (Å²) in [5.41, 5.74) is 7.84. The van der Waals surface area contributed by atoms with Gasteiger partial charge in [-0.2, -0.15) is 0 Å². The van der Waals surface area contributed by atoms with Crippen molar-refractivity contribution in [3.63, 3.8) is 0 Å². The van der Waals surface area contributed by atoms with Crippen molar-refractivity contribution in [1.29, 1.82) is 0 Å². The van der Waals surface area contributed by atoms with E-state index in [1.165, 1.54) is 6.07 Å². The molecular weight excluding hydrogens is 304 g/mol. The molecule has 1 heterocycles. The Bertz CT molecular complexity index is 907. The van der Waals surface area contributed by atoms with Crippen molar-refractivity contribution in [1.82, 2.24) is 4.98 Å². The third-order valence-corrected chi connectivity index (χ3v) is 3.69. The Labute approximate surface area is 138 Å². The van der Waals surface area contributed by atoms with Crippen LogP contribution in [0.1, 0.15) is 20.7 Å². The summed E-state index contributed by atoms with van der Waals surface area (Å²) in [5, 5.41) is 9.42. The van der Waals surface area contributed by atoms with Gasteiger partial charge in [0.25, 0.3) is 0 Å². The molecule has 0 saturated heterocycles. The number of nitrogens with two attached hydrogens (primary N) is 1. The molecule has 0 bridgehead atoms. The highest BCUT2D eigenvalue weighted by atomic mass is 16.4. The number of amides is 1. The molecular formula is C19H14N2O3. The van der Waals surface area contributed by atoms with E-state index in [-0.39, 0.29) is 11.1 Å². The standard InChI is InChI=1S/C19H14N2O3/c20-18(22)17-14(19(23)24)10-9-13(15-8-4-5-11-21-15)16(17)12-6-2-1-3-7-12/h1-11H,(H2,20,22)(H,23,24). The van der Waals surface area contributed by atoms with Crippen LogP contribution in [0.5, 0.6) is 0 Å². The second-order valence-electron chi connectivity index (χ2n) is 5.16. The van der Waals surface area contributed by atoms with E-state index in [0.717, 1.165) is 0 Å². The first-order chi connectivity index (χ1) is 11.6. The number of hydrogen-bond donors (Lipinski definition) is 2. The monoisotopic (exact) mass is 318 g/mol. The first kappa shape index (κ1) is 15.4. The number of carboxylic acid groups (broad SMARTS) is 1. The van der Waals surface area contributed by atoms with Gasteiger partial charge in [-0.05, 0) is 23.8 Å². The van der Waals surface area contributed by atoms with Gasteiger partial charge in [-0.1, -0.05) is 42.5 Å². The molecule has 0 atom stereocenters. The zero-order valence-electron chi connectivity index (χ0n) is 12.6. The molecule has 1 amide bonds. The maximum Gasteiger partial charge on any atom is 0.336 e. The molecule has 0 fully saturated rings. The number of aromatic carboxylic acids is 1. The number of pyridine rings is 1. The molecule has 2 aromatic carbocycles. The number of carbonyl (C=O) groups excluding carboxylic acids is 1. The van der Waals surface area contributed by atoms with E-state index in [1.54, 1.807) is 36.5 Å². The fourth-order valence-electron chi connectivity index (χ4n) is 2.68. The molecule has 0 aliphatic heterocycles. The van der Waals surface area contributed by atoms with Crippen LogP contribution in [0.4, 0.5) is 0 Å². The molecule has 5 heteroatoms. The molecule has 118 valence electrons. The SMILES string of the molecule is NC(=O)c1c(C(=O)O)ccc(-c2ccccn2)c1-c1ccccc1. The zero-order valence-corrected chi connectivity index (χ0v) is 12.6. The lowest BCUT2D eigenvalue weighted by Crippen LogP contribution is -2.18. The molecule has 3 rings (SSSR count). The number of benzene rings is 2. The lowest BCUT2D eigenvalue weighted by molar-refractivity contribution is 0.0692. The van der Waals surface area contributed by atoms with Gasteiger partial charge in [-0.25, -0.2) is 4.79 Å². The summed E-state index contributed by atoms with van der Waals surface area (Å²) < 4.78 is 0. The summed E-state index contributed by atoms with van der Waals surface area (Å²) in [6.07, 6.45) is 1.64. The molecule has 3 N–H and O–H groups in total. The van der Waals surface area contributed by atoms with E-state index in [9.17, 15) is 14.7 Å². The minimum Gasteiger partial charge on any atom is -0.478 e. The molecule has 3 aromatic rings. The van der Waals surface area contributed by atoms with Gasteiger partial charge in [0.05, 0.1) is 16.8 Å². The predicted octanol–water partition coefficient (Wildman–Crippen LogP) is 3.21. The van der Waals surface area contributed by atoms with Gasteiger partial charge < -0.3 is 10.8 Å². The highest BCUT2D eigenvalue weighted by Crippen LogP contribution is 2.35. The Morgan fingerprint density at radius 1 is 0.917 bits per heavy atom. The summed E-state index contributed by atoms with van der Waals surface area (Å²) in [6.45, 7) is 0. The van der Waals surface area contributed by atoms with Crippen LogP contribution in [-0.4, -0.2) is 22.0 Å². The summed E-state index contributed by atoms with van der Waals surface area (Å²) in [5.74, 6) is -1.99. The lowest BCUT2D eigenvalue weighted by atomic mass is 9.89. The summed E-state index contributed by atoms with van der Waals surface area (Å²) in [4.78, 5) is 27.9. The van der Waals surface area contributed by atoms with Crippen molar-refractivity contribution in [2.45, 2.75) is 0 Å². The molecule has 5 nitrogen and oxygen atoms in total. The Morgan fingerprint density at radius 2 is 1.62 bits per heavy atom.